The Balaban J connectivity index is 1.93. The molecule has 0 atom stereocenters. The Labute approximate surface area is 116 Å². The van der Waals surface area contributed by atoms with Crippen LogP contribution in [0.1, 0.15) is 28.3 Å². The molecule has 104 valence electrons. The molecule has 0 saturated heterocycles. The lowest BCUT2D eigenvalue weighted by Crippen LogP contribution is -2.26. The molecule has 1 aromatic heterocycles. The highest BCUT2D eigenvalue weighted by atomic mass is 19.1. The van der Waals surface area contributed by atoms with Crippen LogP contribution in [0.25, 0.3) is 0 Å². The molecule has 3 rings (SSSR count). The van der Waals surface area contributed by atoms with Gasteiger partial charge in [0.05, 0.1) is 5.69 Å². The summed E-state index contributed by atoms with van der Waals surface area (Å²) >= 11 is 0. The zero-order chi connectivity index (χ0) is 14.1. The summed E-state index contributed by atoms with van der Waals surface area (Å²) in [5.41, 5.74) is 3.52. The molecule has 0 amide bonds. The maximum Gasteiger partial charge on any atom is 0.133 e. The molecule has 2 aromatic rings. The smallest absolute Gasteiger partial charge is 0.133 e. The van der Waals surface area contributed by atoms with E-state index in [0.29, 0.717) is 11.4 Å². The van der Waals surface area contributed by atoms with Crippen molar-refractivity contribution in [2.24, 2.45) is 0 Å². The van der Waals surface area contributed by atoms with Gasteiger partial charge in [0.2, 0.25) is 0 Å². The van der Waals surface area contributed by atoms with Crippen LogP contribution in [0.15, 0.2) is 18.2 Å². The van der Waals surface area contributed by atoms with Gasteiger partial charge >= 0.3 is 0 Å². The van der Waals surface area contributed by atoms with Crippen molar-refractivity contribution < 1.29 is 8.78 Å². The van der Waals surface area contributed by atoms with E-state index >= 15 is 0 Å². The Morgan fingerprint density at radius 1 is 1.25 bits per heavy atom. The first-order chi connectivity index (χ1) is 9.63. The van der Waals surface area contributed by atoms with Gasteiger partial charge in [-0.15, -0.1) is 0 Å². The number of aromatic nitrogens is 2. The van der Waals surface area contributed by atoms with E-state index in [4.69, 9.17) is 0 Å². The van der Waals surface area contributed by atoms with Gasteiger partial charge in [-0.1, -0.05) is 6.07 Å². The molecule has 0 bridgehead atoms. The Kier molecular flexibility index (Phi) is 3.44. The fourth-order valence-corrected chi connectivity index (χ4v) is 2.49. The molecule has 0 aliphatic carbocycles. The molecule has 1 aliphatic rings. The fraction of sp³-hybridized carbons (Fsp3) is 0.333. The van der Waals surface area contributed by atoms with Crippen LogP contribution in [0.4, 0.5) is 8.78 Å². The van der Waals surface area contributed by atoms with Crippen LogP contribution in [0.3, 0.4) is 0 Å². The monoisotopic (exact) mass is 275 g/mol. The van der Waals surface area contributed by atoms with Crippen molar-refractivity contribution in [3.05, 3.63) is 58.2 Å². The number of hydrogen-bond acceptors (Lipinski definition) is 3. The van der Waals surface area contributed by atoms with Gasteiger partial charge in [0.1, 0.15) is 17.5 Å². The fourth-order valence-electron chi connectivity index (χ4n) is 2.49. The molecular formula is C15H15F2N3. The van der Waals surface area contributed by atoms with Gasteiger partial charge in [-0.3, -0.25) is 0 Å². The van der Waals surface area contributed by atoms with E-state index in [1.165, 1.54) is 12.1 Å². The molecule has 0 saturated carbocycles. The van der Waals surface area contributed by atoms with Crippen molar-refractivity contribution in [2.75, 3.05) is 6.54 Å². The number of halogens is 2. The quantitative estimate of drug-likeness (QED) is 0.914. The molecule has 20 heavy (non-hydrogen) atoms. The van der Waals surface area contributed by atoms with Crippen LogP contribution in [0.2, 0.25) is 0 Å². The minimum atomic E-state index is -0.570. The largest absolute Gasteiger partial charge is 0.312 e. The maximum atomic E-state index is 13.7. The highest BCUT2D eigenvalue weighted by molar-refractivity contribution is 5.29. The minimum absolute atomic E-state index is 0.285. The molecule has 1 N–H and O–H groups in total. The van der Waals surface area contributed by atoms with E-state index in [2.05, 4.69) is 15.3 Å². The van der Waals surface area contributed by atoms with Gasteiger partial charge in [0, 0.05) is 43.3 Å². The maximum absolute atomic E-state index is 13.7. The van der Waals surface area contributed by atoms with Crippen LogP contribution < -0.4 is 5.32 Å². The number of nitrogens with one attached hydrogen (secondary N) is 1. The SMILES string of the molecule is Cc1nc(Cc2ccc(F)cc2F)nc2c1CNCC2. The van der Waals surface area contributed by atoms with E-state index in [1.54, 1.807) is 0 Å². The highest BCUT2D eigenvalue weighted by Crippen LogP contribution is 2.18. The van der Waals surface area contributed by atoms with Gasteiger partial charge in [-0.2, -0.15) is 0 Å². The second-order valence-electron chi connectivity index (χ2n) is 4.99. The van der Waals surface area contributed by atoms with Crippen molar-refractivity contribution in [1.29, 1.82) is 0 Å². The Morgan fingerprint density at radius 2 is 2.10 bits per heavy atom. The van der Waals surface area contributed by atoms with E-state index in [9.17, 15) is 8.78 Å². The van der Waals surface area contributed by atoms with E-state index < -0.39 is 11.6 Å². The van der Waals surface area contributed by atoms with Crippen molar-refractivity contribution in [2.45, 2.75) is 26.3 Å². The first kappa shape index (κ1) is 13.1. The Hall–Kier alpha value is -1.88. The normalized spacial score (nSPS) is 14.2. The average molecular weight is 275 g/mol. The van der Waals surface area contributed by atoms with Crippen LogP contribution in [-0.2, 0) is 19.4 Å². The zero-order valence-electron chi connectivity index (χ0n) is 11.2. The summed E-state index contributed by atoms with van der Waals surface area (Å²) in [5, 5.41) is 3.28. The van der Waals surface area contributed by atoms with Gasteiger partial charge in [0.15, 0.2) is 0 Å². The molecule has 1 aliphatic heterocycles. The first-order valence-corrected chi connectivity index (χ1v) is 6.63. The van der Waals surface area contributed by atoms with Crippen LogP contribution in [-0.4, -0.2) is 16.5 Å². The third-order valence-corrected chi connectivity index (χ3v) is 3.55. The summed E-state index contributed by atoms with van der Waals surface area (Å²) in [6, 6.07) is 3.60. The predicted molar refractivity (Wildman–Crippen MR) is 71.3 cm³/mol. The highest BCUT2D eigenvalue weighted by Gasteiger charge is 2.16. The topological polar surface area (TPSA) is 37.8 Å². The number of rotatable bonds is 2. The number of nitrogens with zero attached hydrogens (tertiary/aromatic N) is 2. The predicted octanol–water partition coefficient (Wildman–Crippen LogP) is 2.30. The van der Waals surface area contributed by atoms with E-state index in [-0.39, 0.29) is 6.42 Å². The number of fused-ring (bicyclic) bond motifs is 1. The Morgan fingerprint density at radius 3 is 2.90 bits per heavy atom. The minimum Gasteiger partial charge on any atom is -0.312 e. The molecule has 0 unspecified atom stereocenters. The van der Waals surface area contributed by atoms with Gasteiger partial charge in [-0.05, 0) is 18.6 Å². The molecule has 0 spiro atoms. The number of benzene rings is 1. The van der Waals surface area contributed by atoms with Crippen molar-refractivity contribution >= 4 is 0 Å². The summed E-state index contributed by atoms with van der Waals surface area (Å²) in [7, 11) is 0. The van der Waals surface area contributed by atoms with Crippen molar-refractivity contribution in [3.63, 3.8) is 0 Å². The van der Waals surface area contributed by atoms with E-state index in [1.807, 2.05) is 6.92 Å². The third-order valence-electron chi connectivity index (χ3n) is 3.55. The summed E-state index contributed by atoms with van der Waals surface area (Å²) in [6.07, 6.45) is 1.14. The van der Waals surface area contributed by atoms with Gasteiger partial charge in [-0.25, -0.2) is 18.7 Å². The molecule has 1 aromatic carbocycles. The molecule has 3 nitrogen and oxygen atoms in total. The van der Waals surface area contributed by atoms with Crippen LogP contribution in [0.5, 0.6) is 0 Å². The standard InChI is InChI=1S/C15H15F2N3/c1-9-12-8-18-5-4-14(12)20-15(19-9)6-10-2-3-11(16)7-13(10)17/h2-3,7,18H,4-6,8H2,1H3. The lowest BCUT2D eigenvalue weighted by atomic mass is 10.0. The first-order valence-electron chi connectivity index (χ1n) is 6.63. The zero-order valence-corrected chi connectivity index (χ0v) is 11.2. The molecule has 0 radical (unpaired) electrons. The third kappa shape index (κ3) is 2.54. The molecular weight excluding hydrogens is 260 g/mol. The molecule has 5 heteroatoms. The summed E-state index contributed by atoms with van der Waals surface area (Å²) in [4.78, 5) is 8.96. The van der Waals surface area contributed by atoms with Crippen molar-refractivity contribution in [1.82, 2.24) is 15.3 Å². The number of hydrogen-bond donors (Lipinski definition) is 1. The lowest BCUT2D eigenvalue weighted by molar-refractivity contribution is 0.572. The number of aryl methyl sites for hydroxylation is 1. The van der Waals surface area contributed by atoms with Gasteiger partial charge < -0.3 is 5.32 Å². The molecule has 0 fully saturated rings. The van der Waals surface area contributed by atoms with Crippen LogP contribution in [0, 0.1) is 18.6 Å². The summed E-state index contributed by atoms with van der Waals surface area (Å²) < 4.78 is 26.6. The van der Waals surface area contributed by atoms with Crippen molar-refractivity contribution in [3.8, 4) is 0 Å². The van der Waals surface area contributed by atoms with Gasteiger partial charge in [0.25, 0.3) is 0 Å². The van der Waals surface area contributed by atoms with Crippen LogP contribution >= 0.6 is 0 Å². The molecule has 2 heterocycles. The summed E-state index contributed by atoms with van der Waals surface area (Å²) in [5.74, 6) is -0.529. The average Bonchev–Trinajstić information content (AvgIpc) is 2.42. The second kappa shape index (κ2) is 5.25. The Bertz CT molecular complexity index is 656. The summed E-state index contributed by atoms with van der Waals surface area (Å²) in [6.45, 7) is 3.62. The second-order valence-corrected chi connectivity index (χ2v) is 4.99. The van der Waals surface area contributed by atoms with E-state index in [0.717, 1.165) is 42.5 Å². The lowest BCUT2D eigenvalue weighted by Gasteiger charge is -2.18.